The molecule has 0 unspecified atom stereocenters. The lowest BCUT2D eigenvalue weighted by molar-refractivity contribution is 0.110. The fraction of sp³-hybridized carbons (Fsp3) is 0.222. The minimum Gasteiger partial charge on any atom is -0.497 e. The Hall–Kier alpha value is -1.39. The number of benzene rings is 1. The van der Waals surface area contributed by atoms with Gasteiger partial charge >= 0.3 is 0 Å². The molecule has 13 heavy (non-hydrogen) atoms. The van der Waals surface area contributed by atoms with E-state index in [2.05, 4.69) is 4.84 Å². The Morgan fingerprint density at radius 1 is 1.54 bits per heavy atom. The van der Waals surface area contributed by atoms with Gasteiger partial charge in [0.2, 0.25) is 0 Å². The molecule has 4 heteroatoms. The van der Waals surface area contributed by atoms with Gasteiger partial charge in [0.1, 0.15) is 5.75 Å². The molecular formula is C9H11NO3. The van der Waals surface area contributed by atoms with Crippen LogP contribution in [0.15, 0.2) is 18.2 Å². The molecule has 0 atom stereocenters. The summed E-state index contributed by atoms with van der Waals surface area (Å²) in [7, 11) is 1.54. The molecule has 2 N–H and O–H groups in total. The highest BCUT2D eigenvalue weighted by Crippen LogP contribution is 2.16. The number of hydrogen-bond acceptors (Lipinski definition) is 4. The van der Waals surface area contributed by atoms with E-state index >= 15 is 0 Å². The van der Waals surface area contributed by atoms with Gasteiger partial charge in [-0.05, 0) is 17.7 Å². The van der Waals surface area contributed by atoms with Crippen LogP contribution in [0, 0.1) is 0 Å². The minimum atomic E-state index is 0.220. The second-order valence-electron chi connectivity index (χ2n) is 2.49. The molecule has 0 aliphatic carbocycles. The third-order valence-corrected chi connectivity index (χ3v) is 1.72. The smallest absolute Gasteiger partial charge is 0.150 e. The van der Waals surface area contributed by atoms with E-state index < -0.39 is 0 Å². The van der Waals surface area contributed by atoms with Crippen molar-refractivity contribution in [2.45, 2.75) is 6.61 Å². The predicted octanol–water partition coefficient (Wildman–Crippen LogP) is 0.898. The van der Waals surface area contributed by atoms with Crippen molar-refractivity contribution in [3.8, 4) is 5.75 Å². The van der Waals surface area contributed by atoms with Crippen LogP contribution >= 0.6 is 0 Å². The van der Waals surface area contributed by atoms with Crippen molar-refractivity contribution in [1.29, 1.82) is 0 Å². The van der Waals surface area contributed by atoms with E-state index in [0.29, 0.717) is 11.3 Å². The van der Waals surface area contributed by atoms with Crippen LogP contribution in [0.1, 0.15) is 15.9 Å². The SMILES string of the molecule is COc1ccc(CON)c(C=O)c1. The summed E-state index contributed by atoms with van der Waals surface area (Å²) in [5, 5.41) is 0. The molecule has 70 valence electrons. The van der Waals surface area contributed by atoms with E-state index in [1.807, 2.05) is 0 Å². The summed E-state index contributed by atoms with van der Waals surface area (Å²) in [4.78, 5) is 15.1. The number of hydrogen-bond donors (Lipinski definition) is 1. The first-order valence-corrected chi connectivity index (χ1v) is 3.75. The van der Waals surface area contributed by atoms with Crippen molar-refractivity contribution >= 4 is 6.29 Å². The van der Waals surface area contributed by atoms with E-state index in [4.69, 9.17) is 10.6 Å². The largest absolute Gasteiger partial charge is 0.497 e. The molecule has 0 aliphatic rings. The molecule has 0 amide bonds. The van der Waals surface area contributed by atoms with Gasteiger partial charge in [0, 0.05) is 5.56 Å². The molecule has 0 aliphatic heterocycles. The molecule has 0 saturated heterocycles. The van der Waals surface area contributed by atoms with Crippen molar-refractivity contribution in [3.05, 3.63) is 29.3 Å². The van der Waals surface area contributed by atoms with Crippen molar-refractivity contribution < 1.29 is 14.4 Å². The molecule has 1 rings (SSSR count). The maximum Gasteiger partial charge on any atom is 0.150 e. The van der Waals surface area contributed by atoms with Gasteiger partial charge in [-0.3, -0.25) is 9.63 Å². The first-order valence-electron chi connectivity index (χ1n) is 3.75. The highest BCUT2D eigenvalue weighted by atomic mass is 16.6. The fourth-order valence-electron chi connectivity index (χ4n) is 1.03. The summed E-state index contributed by atoms with van der Waals surface area (Å²) in [5.41, 5.74) is 1.28. The standard InChI is InChI=1S/C9H11NO3/c1-12-9-3-2-7(6-13-10)8(4-9)5-11/h2-5H,6,10H2,1H3. The Morgan fingerprint density at radius 3 is 2.85 bits per heavy atom. The number of methoxy groups -OCH3 is 1. The summed E-state index contributed by atoms with van der Waals surface area (Å²) in [5.74, 6) is 5.55. The van der Waals surface area contributed by atoms with Crippen molar-refractivity contribution in [2.75, 3.05) is 7.11 Å². The van der Waals surface area contributed by atoms with Gasteiger partial charge in [0.15, 0.2) is 6.29 Å². The van der Waals surface area contributed by atoms with Crippen molar-refractivity contribution in [1.82, 2.24) is 0 Å². The first kappa shape index (κ1) is 9.70. The number of carbonyl (C=O) groups excluding carboxylic acids is 1. The monoisotopic (exact) mass is 181 g/mol. The molecule has 0 aromatic heterocycles. The van der Waals surface area contributed by atoms with Gasteiger partial charge in [0.05, 0.1) is 13.7 Å². The minimum absolute atomic E-state index is 0.220. The topological polar surface area (TPSA) is 61.6 Å². The Morgan fingerprint density at radius 2 is 2.31 bits per heavy atom. The lowest BCUT2D eigenvalue weighted by Gasteiger charge is -2.05. The van der Waals surface area contributed by atoms with Crippen LogP contribution in [-0.4, -0.2) is 13.4 Å². The Kier molecular flexibility index (Phi) is 3.42. The first-order chi connectivity index (χ1) is 6.31. The number of aldehydes is 1. The van der Waals surface area contributed by atoms with Crippen LogP contribution in [0.2, 0.25) is 0 Å². The molecule has 1 aromatic rings. The van der Waals surface area contributed by atoms with Crippen LogP contribution in [0.3, 0.4) is 0 Å². The van der Waals surface area contributed by atoms with Gasteiger partial charge in [0.25, 0.3) is 0 Å². The van der Waals surface area contributed by atoms with Crippen molar-refractivity contribution in [2.24, 2.45) is 5.90 Å². The summed E-state index contributed by atoms with van der Waals surface area (Å²) in [6.45, 7) is 0.220. The number of rotatable bonds is 4. The van der Waals surface area contributed by atoms with Crippen molar-refractivity contribution in [3.63, 3.8) is 0 Å². The van der Waals surface area contributed by atoms with Crippen LogP contribution in [0.25, 0.3) is 0 Å². The van der Waals surface area contributed by atoms with E-state index in [1.165, 1.54) is 0 Å². The number of carbonyl (C=O) groups is 1. The maximum atomic E-state index is 10.6. The van der Waals surface area contributed by atoms with Gasteiger partial charge < -0.3 is 4.74 Å². The van der Waals surface area contributed by atoms with Crippen LogP contribution in [0.4, 0.5) is 0 Å². The molecule has 4 nitrogen and oxygen atoms in total. The summed E-state index contributed by atoms with van der Waals surface area (Å²) in [6, 6.07) is 5.14. The van der Waals surface area contributed by atoms with E-state index in [1.54, 1.807) is 25.3 Å². The third-order valence-electron chi connectivity index (χ3n) is 1.72. The maximum absolute atomic E-state index is 10.6. The zero-order valence-corrected chi connectivity index (χ0v) is 7.32. The molecule has 0 bridgehead atoms. The van der Waals surface area contributed by atoms with Gasteiger partial charge in [-0.15, -0.1) is 0 Å². The van der Waals surface area contributed by atoms with Crippen LogP contribution in [0.5, 0.6) is 5.75 Å². The average Bonchev–Trinajstić information content (AvgIpc) is 2.19. The van der Waals surface area contributed by atoms with E-state index in [9.17, 15) is 4.79 Å². The zero-order valence-electron chi connectivity index (χ0n) is 7.32. The molecule has 0 spiro atoms. The molecular weight excluding hydrogens is 170 g/mol. The molecule has 0 radical (unpaired) electrons. The Balaban J connectivity index is 3.00. The molecule has 0 heterocycles. The Bertz CT molecular complexity index is 299. The highest BCUT2D eigenvalue weighted by molar-refractivity contribution is 5.78. The third kappa shape index (κ3) is 2.27. The predicted molar refractivity (Wildman–Crippen MR) is 47.4 cm³/mol. The second-order valence-corrected chi connectivity index (χ2v) is 2.49. The molecule has 0 fully saturated rings. The normalized spacial score (nSPS) is 9.69. The summed E-state index contributed by atoms with van der Waals surface area (Å²) >= 11 is 0. The van der Waals surface area contributed by atoms with Gasteiger partial charge in [-0.2, -0.15) is 0 Å². The van der Waals surface area contributed by atoms with Crippen LogP contribution in [-0.2, 0) is 11.4 Å². The lowest BCUT2D eigenvalue weighted by atomic mass is 10.1. The quantitative estimate of drug-likeness (QED) is 0.553. The van der Waals surface area contributed by atoms with Gasteiger partial charge in [-0.1, -0.05) is 6.07 Å². The lowest BCUT2D eigenvalue weighted by Crippen LogP contribution is -2.02. The Labute approximate surface area is 76.2 Å². The molecule has 1 aromatic carbocycles. The van der Waals surface area contributed by atoms with Crippen LogP contribution < -0.4 is 10.6 Å². The van der Waals surface area contributed by atoms with E-state index in [0.717, 1.165) is 11.8 Å². The average molecular weight is 181 g/mol. The fourth-order valence-corrected chi connectivity index (χ4v) is 1.03. The summed E-state index contributed by atoms with van der Waals surface area (Å²) < 4.78 is 4.96. The second kappa shape index (κ2) is 4.59. The number of ether oxygens (including phenoxy) is 1. The number of nitrogens with two attached hydrogens (primary N) is 1. The summed E-state index contributed by atoms with van der Waals surface area (Å²) in [6.07, 6.45) is 0.747. The van der Waals surface area contributed by atoms with Gasteiger partial charge in [-0.25, -0.2) is 5.90 Å². The van der Waals surface area contributed by atoms with E-state index in [-0.39, 0.29) is 6.61 Å². The zero-order chi connectivity index (χ0) is 9.68. The molecule has 0 saturated carbocycles. The highest BCUT2D eigenvalue weighted by Gasteiger charge is 2.02.